The van der Waals surface area contributed by atoms with Gasteiger partial charge in [0.1, 0.15) is 0 Å². The fourth-order valence-corrected chi connectivity index (χ4v) is 3.05. The Balaban J connectivity index is 3.02. The largest absolute Gasteiger partial charge is 0.295 e. The lowest BCUT2D eigenvalue weighted by atomic mass is 9.81. The van der Waals surface area contributed by atoms with Gasteiger partial charge >= 0.3 is 0 Å². The molecule has 1 unspecified atom stereocenters. The van der Waals surface area contributed by atoms with E-state index in [2.05, 4.69) is 46.4 Å². The van der Waals surface area contributed by atoms with Crippen LogP contribution in [0.5, 0.6) is 0 Å². The van der Waals surface area contributed by atoms with Crippen LogP contribution in [0, 0.1) is 5.41 Å². The van der Waals surface area contributed by atoms with Gasteiger partial charge in [0.2, 0.25) is 0 Å². The van der Waals surface area contributed by atoms with Gasteiger partial charge in [-0.15, -0.1) is 0 Å². The zero-order chi connectivity index (χ0) is 14.1. The van der Waals surface area contributed by atoms with E-state index in [1.54, 1.807) is 6.92 Å². The number of hydrogen-bond donors (Lipinski definition) is 0. The topological polar surface area (TPSA) is 3.24 Å². The SMILES string of the molecule is C/C(F)=C1/CCC(C(C)(C)C)N(C(C)(C)C)CC1. The Morgan fingerprint density at radius 2 is 1.67 bits per heavy atom. The smallest absolute Gasteiger partial charge is 0.0961 e. The van der Waals surface area contributed by atoms with Gasteiger partial charge in [-0.25, -0.2) is 4.39 Å². The molecule has 1 heterocycles. The summed E-state index contributed by atoms with van der Waals surface area (Å²) in [6.45, 7) is 16.3. The minimum Gasteiger partial charge on any atom is -0.295 e. The number of halogens is 1. The van der Waals surface area contributed by atoms with Crippen LogP contribution in [0.15, 0.2) is 11.4 Å². The van der Waals surface area contributed by atoms with Crippen LogP contribution in [0.25, 0.3) is 0 Å². The highest BCUT2D eigenvalue weighted by Gasteiger charge is 2.37. The molecule has 0 radical (unpaired) electrons. The molecule has 0 saturated carbocycles. The molecular formula is C16H30FN. The highest BCUT2D eigenvalue weighted by atomic mass is 19.1. The predicted molar refractivity (Wildman–Crippen MR) is 77.4 cm³/mol. The molecule has 2 heteroatoms. The third-order valence-electron chi connectivity index (χ3n) is 4.10. The predicted octanol–water partition coefficient (Wildman–Crippen LogP) is 4.93. The van der Waals surface area contributed by atoms with Crippen molar-refractivity contribution in [1.82, 2.24) is 4.90 Å². The molecule has 0 amide bonds. The summed E-state index contributed by atoms with van der Waals surface area (Å²) in [5.41, 5.74) is 1.42. The van der Waals surface area contributed by atoms with Crippen LogP contribution in [-0.4, -0.2) is 23.0 Å². The molecule has 0 aromatic carbocycles. The molecule has 1 nitrogen and oxygen atoms in total. The van der Waals surface area contributed by atoms with Gasteiger partial charge in [-0.2, -0.15) is 0 Å². The van der Waals surface area contributed by atoms with Crippen molar-refractivity contribution in [3.8, 4) is 0 Å². The van der Waals surface area contributed by atoms with Crippen molar-refractivity contribution in [3.63, 3.8) is 0 Å². The minimum atomic E-state index is 0.0402. The molecular weight excluding hydrogens is 225 g/mol. The summed E-state index contributed by atoms with van der Waals surface area (Å²) in [6, 6.07) is 0.523. The fraction of sp³-hybridized carbons (Fsp3) is 0.875. The summed E-state index contributed by atoms with van der Waals surface area (Å²) in [6.07, 6.45) is 2.86. The first-order chi connectivity index (χ1) is 8.03. The third kappa shape index (κ3) is 3.81. The summed E-state index contributed by atoms with van der Waals surface area (Å²) < 4.78 is 13.5. The molecule has 1 rings (SSSR count). The van der Waals surface area contributed by atoms with E-state index < -0.39 is 0 Å². The zero-order valence-corrected chi connectivity index (χ0v) is 13.2. The molecule has 0 aliphatic carbocycles. The molecule has 1 saturated heterocycles. The second kappa shape index (κ2) is 5.32. The Bertz CT molecular complexity index is 287. The third-order valence-corrected chi connectivity index (χ3v) is 4.10. The normalized spacial score (nSPS) is 27.0. The summed E-state index contributed by atoms with van der Waals surface area (Å²) in [7, 11) is 0. The summed E-state index contributed by atoms with van der Waals surface area (Å²) in [5, 5.41) is 0. The molecule has 106 valence electrons. The first-order valence-electron chi connectivity index (χ1n) is 7.14. The lowest BCUT2D eigenvalue weighted by Gasteiger charge is -2.46. The zero-order valence-electron chi connectivity index (χ0n) is 13.2. The maximum absolute atomic E-state index is 13.5. The van der Waals surface area contributed by atoms with Crippen LogP contribution < -0.4 is 0 Å². The molecule has 1 fully saturated rings. The van der Waals surface area contributed by atoms with Crippen LogP contribution >= 0.6 is 0 Å². The Morgan fingerprint density at radius 3 is 2.06 bits per heavy atom. The van der Waals surface area contributed by atoms with Crippen LogP contribution in [0.3, 0.4) is 0 Å². The highest BCUT2D eigenvalue weighted by molar-refractivity contribution is 5.10. The van der Waals surface area contributed by atoms with Gasteiger partial charge in [-0.05, 0) is 57.9 Å². The molecule has 18 heavy (non-hydrogen) atoms. The number of likely N-dealkylation sites (tertiary alicyclic amines) is 1. The van der Waals surface area contributed by atoms with E-state index in [1.807, 2.05) is 0 Å². The molecule has 0 aromatic rings. The number of nitrogens with zero attached hydrogens (tertiary/aromatic N) is 1. The average molecular weight is 255 g/mol. The first-order valence-corrected chi connectivity index (χ1v) is 7.14. The first kappa shape index (κ1) is 15.7. The summed E-state index contributed by atoms with van der Waals surface area (Å²) in [4.78, 5) is 2.57. The number of allylic oxidation sites excluding steroid dienone is 1. The van der Waals surface area contributed by atoms with Crippen molar-refractivity contribution in [3.05, 3.63) is 11.4 Å². The lowest BCUT2D eigenvalue weighted by Crippen LogP contribution is -2.52. The molecule has 1 aliphatic rings. The number of hydrogen-bond acceptors (Lipinski definition) is 1. The summed E-state index contributed by atoms with van der Waals surface area (Å²) in [5.74, 6) is 0.0402. The fourth-order valence-electron chi connectivity index (χ4n) is 3.05. The van der Waals surface area contributed by atoms with Crippen molar-refractivity contribution >= 4 is 0 Å². The van der Waals surface area contributed by atoms with Crippen LogP contribution in [0.2, 0.25) is 0 Å². The minimum absolute atomic E-state index is 0.0402. The quantitative estimate of drug-likeness (QED) is 0.593. The van der Waals surface area contributed by atoms with Crippen molar-refractivity contribution in [2.24, 2.45) is 5.41 Å². The van der Waals surface area contributed by atoms with Gasteiger partial charge in [0.25, 0.3) is 0 Å². The van der Waals surface area contributed by atoms with Crippen molar-refractivity contribution in [1.29, 1.82) is 0 Å². The average Bonchev–Trinajstić information content (AvgIpc) is 2.36. The molecule has 0 bridgehead atoms. The van der Waals surface area contributed by atoms with E-state index in [4.69, 9.17) is 0 Å². The van der Waals surface area contributed by atoms with E-state index in [0.717, 1.165) is 31.4 Å². The van der Waals surface area contributed by atoms with Crippen molar-refractivity contribution in [2.45, 2.75) is 79.3 Å². The lowest BCUT2D eigenvalue weighted by molar-refractivity contribution is 0.0246. The Morgan fingerprint density at radius 1 is 1.11 bits per heavy atom. The highest BCUT2D eigenvalue weighted by Crippen LogP contribution is 2.37. The number of rotatable bonds is 0. The summed E-state index contributed by atoms with van der Waals surface area (Å²) >= 11 is 0. The Kier molecular flexibility index (Phi) is 4.64. The Hall–Kier alpha value is -0.370. The van der Waals surface area contributed by atoms with Crippen molar-refractivity contribution in [2.75, 3.05) is 6.54 Å². The molecule has 0 N–H and O–H groups in total. The van der Waals surface area contributed by atoms with E-state index in [1.165, 1.54) is 0 Å². The van der Waals surface area contributed by atoms with Gasteiger partial charge in [-0.3, -0.25) is 4.90 Å². The van der Waals surface area contributed by atoms with Gasteiger partial charge in [0.05, 0.1) is 5.83 Å². The maximum atomic E-state index is 13.5. The molecule has 0 aromatic heterocycles. The monoisotopic (exact) mass is 255 g/mol. The van der Waals surface area contributed by atoms with Crippen molar-refractivity contribution < 1.29 is 4.39 Å². The standard InChI is InChI=1S/C16H30FN/c1-12(17)13-8-9-14(15(2,3)4)18(11-10-13)16(5,6)7/h14H,8-11H2,1-7H3/b13-12+. The van der Waals surface area contributed by atoms with Crippen LogP contribution in [-0.2, 0) is 0 Å². The maximum Gasteiger partial charge on any atom is 0.0961 e. The van der Waals surface area contributed by atoms with Gasteiger partial charge in [0.15, 0.2) is 0 Å². The van der Waals surface area contributed by atoms with Crippen LogP contribution in [0.1, 0.15) is 67.7 Å². The van der Waals surface area contributed by atoms with E-state index in [0.29, 0.717) is 6.04 Å². The van der Waals surface area contributed by atoms with E-state index in [-0.39, 0.29) is 16.8 Å². The Labute approximate surface area is 112 Å². The van der Waals surface area contributed by atoms with E-state index >= 15 is 0 Å². The molecule has 1 atom stereocenters. The van der Waals surface area contributed by atoms with Crippen LogP contribution in [0.4, 0.5) is 4.39 Å². The van der Waals surface area contributed by atoms with E-state index in [9.17, 15) is 4.39 Å². The van der Waals surface area contributed by atoms with Gasteiger partial charge in [-0.1, -0.05) is 20.8 Å². The molecule has 0 spiro atoms. The second-order valence-electron chi connectivity index (χ2n) is 7.67. The second-order valence-corrected chi connectivity index (χ2v) is 7.67. The van der Waals surface area contributed by atoms with Gasteiger partial charge in [0, 0.05) is 18.1 Å². The molecule has 1 aliphatic heterocycles. The van der Waals surface area contributed by atoms with Gasteiger partial charge < -0.3 is 0 Å².